The van der Waals surface area contributed by atoms with Gasteiger partial charge in [0, 0.05) is 0 Å². The van der Waals surface area contributed by atoms with Crippen molar-refractivity contribution in [1.29, 1.82) is 0 Å². The number of aryl methyl sites for hydroxylation is 1. The van der Waals surface area contributed by atoms with Crippen molar-refractivity contribution in [1.82, 2.24) is 0 Å². The molecular weight excluding hydrogens is 238 g/mol. The summed E-state index contributed by atoms with van der Waals surface area (Å²) in [6.07, 6.45) is 2.08. The molecule has 0 aromatic heterocycles. The van der Waals surface area contributed by atoms with Gasteiger partial charge in [0.2, 0.25) is 5.91 Å². The summed E-state index contributed by atoms with van der Waals surface area (Å²) in [5.74, 6) is -0.302. The Morgan fingerprint density at radius 2 is 2.26 bits per heavy atom. The number of hydrogen-bond acceptors (Lipinski definition) is 2. The van der Waals surface area contributed by atoms with E-state index in [-0.39, 0.29) is 12.3 Å². The minimum atomic E-state index is -0.521. The molecule has 3 heteroatoms. The van der Waals surface area contributed by atoms with E-state index in [1.54, 1.807) is 0 Å². The first-order valence-electron chi connectivity index (χ1n) is 6.74. The van der Waals surface area contributed by atoms with Gasteiger partial charge in [-0.05, 0) is 49.0 Å². The first-order valence-corrected chi connectivity index (χ1v) is 6.74. The van der Waals surface area contributed by atoms with Crippen molar-refractivity contribution in [3.63, 3.8) is 0 Å². The summed E-state index contributed by atoms with van der Waals surface area (Å²) >= 11 is 0. The molecular formula is C16H19NO2. The molecule has 1 aliphatic carbocycles. The number of ether oxygens (including phenoxy) is 1. The summed E-state index contributed by atoms with van der Waals surface area (Å²) in [7, 11) is 0. The van der Waals surface area contributed by atoms with Crippen LogP contribution in [0.2, 0.25) is 0 Å². The van der Waals surface area contributed by atoms with E-state index in [0.29, 0.717) is 6.61 Å². The van der Waals surface area contributed by atoms with Crippen molar-refractivity contribution >= 4 is 11.5 Å². The minimum absolute atomic E-state index is 0.263. The van der Waals surface area contributed by atoms with Crippen molar-refractivity contribution in [2.24, 2.45) is 5.73 Å². The van der Waals surface area contributed by atoms with Crippen LogP contribution in [0.3, 0.4) is 0 Å². The highest BCUT2D eigenvalue weighted by Gasteiger charge is 2.40. The Bertz CT molecular complexity index is 588. The number of amides is 1. The molecule has 1 heterocycles. The number of hydrogen-bond donors (Lipinski definition) is 1. The highest BCUT2D eigenvalue weighted by molar-refractivity contribution is 5.82. The topological polar surface area (TPSA) is 52.3 Å². The Labute approximate surface area is 113 Å². The van der Waals surface area contributed by atoms with Gasteiger partial charge < -0.3 is 10.5 Å². The summed E-state index contributed by atoms with van der Waals surface area (Å²) in [6, 6.07) is 6.57. The van der Waals surface area contributed by atoms with Gasteiger partial charge in [-0.3, -0.25) is 4.79 Å². The number of primary amides is 1. The van der Waals surface area contributed by atoms with Crippen molar-refractivity contribution in [3.05, 3.63) is 40.5 Å². The lowest BCUT2D eigenvalue weighted by Gasteiger charge is -2.35. The maximum absolute atomic E-state index is 11.3. The first-order chi connectivity index (χ1) is 8.99. The second kappa shape index (κ2) is 4.20. The van der Waals surface area contributed by atoms with Crippen molar-refractivity contribution < 1.29 is 9.53 Å². The SMILES string of the molecule is Cc1ccc2c(c1)C1=C(C2)C(C)(CC(N)=O)OCC1. The van der Waals surface area contributed by atoms with E-state index >= 15 is 0 Å². The van der Waals surface area contributed by atoms with Crippen LogP contribution in [-0.4, -0.2) is 18.1 Å². The maximum atomic E-state index is 11.3. The quantitative estimate of drug-likeness (QED) is 0.884. The summed E-state index contributed by atoms with van der Waals surface area (Å²) in [6.45, 7) is 4.77. The molecule has 1 amide bonds. The number of fused-ring (bicyclic) bond motifs is 2. The Hall–Kier alpha value is -1.61. The second-order valence-corrected chi connectivity index (χ2v) is 5.77. The molecule has 100 valence electrons. The predicted molar refractivity (Wildman–Crippen MR) is 74.6 cm³/mol. The molecule has 0 saturated carbocycles. The largest absolute Gasteiger partial charge is 0.370 e. The van der Waals surface area contributed by atoms with Gasteiger partial charge in [-0.25, -0.2) is 0 Å². The van der Waals surface area contributed by atoms with E-state index in [1.165, 1.54) is 27.8 Å². The van der Waals surface area contributed by atoms with Crippen LogP contribution in [0.15, 0.2) is 23.8 Å². The monoisotopic (exact) mass is 257 g/mol. The molecule has 2 aliphatic rings. The first kappa shape index (κ1) is 12.4. The number of rotatable bonds is 2. The molecule has 1 aromatic carbocycles. The molecule has 0 fully saturated rings. The predicted octanol–water partition coefficient (Wildman–Crippen LogP) is 2.36. The molecule has 1 aliphatic heterocycles. The Balaban J connectivity index is 2.06. The van der Waals surface area contributed by atoms with Gasteiger partial charge in [0.25, 0.3) is 0 Å². The van der Waals surface area contributed by atoms with Gasteiger partial charge in [-0.15, -0.1) is 0 Å². The molecule has 0 spiro atoms. The highest BCUT2D eigenvalue weighted by Crippen LogP contribution is 2.45. The lowest BCUT2D eigenvalue weighted by atomic mass is 9.85. The smallest absolute Gasteiger partial charge is 0.220 e. The zero-order valence-electron chi connectivity index (χ0n) is 11.5. The van der Waals surface area contributed by atoms with Crippen LogP contribution >= 0.6 is 0 Å². The zero-order valence-corrected chi connectivity index (χ0v) is 11.5. The molecule has 3 nitrogen and oxygen atoms in total. The fourth-order valence-electron chi connectivity index (χ4n) is 3.33. The van der Waals surface area contributed by atoms with Gasteiger partial charge in [0.05, 0.1) is 18.6 Å². The summed E-state index contributed by atoms with van der Waals surface area (Å²) < 4.78 is 5.89. The number of carbonyl (C=O) groups excluding carboxylic acids is 1. The molecule has 0 radical (unpaired) electrons. The Morgan fingerprint density at radius 1 is 1.47 bits per heavy atom. The molecule has 0 bridgehead atoms. The number of carbonyl (C=O) groups is 1. The molecule has 3 rings (SSSR count). The maximum Gasteiger partial charge on any atom is 0.220 e. The third-order valence-electron chi connectivity index (χ3n) is 4.24. The van der Waals surface area contributed by atoms with Crippen LogP contribution in [0.1, 0.15) is 36.5 Å². The van der Waals surface area contributed by atoms with Crippen molar-refractivity contribution in [3.8, 4) is 0 Å². The van der Waals surface area contributed by atoms with E-state index in [1.807, 2.05) is 6.92 Å². The fraction of sp³-hybridized carbons (Fsp3) is 0.438. The summed E-state index contributed by atoms with van der Waals surface area (Å²) in [5, 5.41) is 0. The van der Waals surface area contributed by atoms with Crippen LogP contribution in [0.25, 0.3) is 5.57 Å². The molecule has 1 atom stereocenters. The van der Waals surface area contributed by atoms with Gasteiger partial charge in [0.1, 0.15) is 0 Å². The Morgan fingerprint density at radius 3 is 3.00 bits per heavy atom. The average Bonchev–Trinajstić information content (AvgIpc) is 2.68. The lowest BCUT2D eigenvalue weighted by Crippen LogP contribution is -2.39. The van der Waals surface area contributed by atoms with Crippen LogP contribution in [0.5, 0.6) is 0 Å². The van der Waals surface area contributed by atoms with E-state index in [0.717, 1.165) is 12.8 Å². The average molecular weight is 257 g/mol. The van der Waals surface area contributed by atoms with Crippen molar-refractivity contribution in [2.75, 3.05) is 6.61 Å². The van der Waals surface area contributed by atoms with Crippen LogP contribution in [-0.2, 0) is 16.0 Å². The lowest BCUT2D eigenvalue weighted by molar-refractivity contribution is -0.123. The van der Waals surface area contributed by atoms with Crippen LogP contribution in [0, 0.1) is 6.92 Å². The number of nitrogens with two attached hydrogens (primary N) is 1. The van der Waals surface area contributed by atoms with E-state index in [9.17, 15) is 4.79 Å². The van der Waals surface area contributed by atoms with Crippen LogP contribution < -0.4 is 5.73 Å². The van der Waals surface area contributed by atoms with Gasteiger partial charge in [-0.1, -0.05) is 23.8 Å². The molecule has 1 unspecified atom stereocenters. The minimum Gasteiger partial charge on any atom is -0.370 e. The number of benzene rings is 1. The zero-order chi connectivity index (χ0) is 13.6. The molecule has 0 saturated heterocycles. The third kappa shape index (κ3) is 1.98. The summed E-state index contributed by atoms with van der Waals surface area (Å²) in [4.78, 5) is 11.3. The van der Waals surface area contributed by atoms with Crippen LogP contribution in [0.4, 0.5) is 0 Å². The van der Waals surface area contributed by atoms with Crippen molar-refractivity contribution in [2.45, 2.75) is 38.7 Å². The van der Waals surface area contributed by atoms with Gasteiger partial charge in [0.15, 0.2) is 0 Å². The van der Waals surface area contributed by atoms with Gasteiger partial charge >= 0.3 is 0 Å². The highest BCUT2D eigenvalue weighted by atomic mass is 16.5. The standard InChI is InChI=1S/C16H19NO2/c1-10-3-4-11-8-14-12(13(11)7-10)5-6-19-16(14,2)9-15(17)18/h3-4,7H,5-6,8-9H2,1-2H3,(H2,17,18). The normalized spacial score (nSPS) is 25.2. The third-order valence-corrected chi connectivity index (χ3v) is 4.24. The molecule has 1 aromatic rings. The fourth-order valence-corrected chi connectivity index (χ4v) is 3.33. The van der Waals surface area contributed by atoms with E-state index in [4.69, 9.17) is 10.5 Å². The second-order valence-electron chi connectivity index (χ2n) is 5.77. The molecule has 2 N–H and O–H groups in total. The van der Waals surface area contributed by atoms with Gasteiger partial charge in [-0.2, -0.15) is 0 Å². The molecule has 19 heavy (non-hydrogen) atoms. The van der Waals surface area contributed by atoms with E-state index in [2.05, 4.69) is 25.1 Å². The summed E-state index contributed by atoms with van der Waals surface area (Å²) in [5.41, 5.74) is 11.4. The Kier molecular flexibility index (Phi) is 2.75. The van der Waals surface area contributed by atoms with E-state index < -0.39 is 5.60 Å².